The number of carboxylic acid groups (broad SMARTS) is 1. The molecule has 0 bridgehead atoms. The number of amides is 1. The Kier molecular flexibility index (Phi) is 3.89. The van der Waals surface area contributed by atoms with Gasteiger partial charge >= 0.3 is 5.97 Å². The second-order valence-corrected chi connectivity index (χ2v) is 4.64. The van der Waals surface area contributed by atoms with Gasteiger partial charge in [0.2, 0.25) is 5.91 Å². The summed E-state index contributed by atoms with van der Waals surface area (Å²) < 4.78 is 0. The molecular formula is C12H14N2O5. The first-order valence-corrected chi connectivity index (χ1v) is 5.46. The van der Waals surface area contributed by atoms with Crippen LogP contribution in [0.2, 0.25) is 0 Å². The maximum Gasteiger partial charge on any atom is 0.318 e. The fourth-order valence-electron chi connectivity index (χ4n) is 1.32. The molecule has 1 aromatic carbocycles. The van der Waals surface area contributed by atoms with Gasteiger partial charge in [-0.15, -0.1) is 0 Å². The largest absolute Gasteiger partial charge is 0.480 e. The highest BCUT2D eigenvalue weighted by Crippen LogP contribution is 2.24. The van der Waals surface area contributed by atoms with Crippen LogP contribution in [0.1, 0.15) is 19.4 Å². The van der Waals surface area contributed by atoms with Gasteiger partial charge in [0.25, 0.3) is 5.69 Å². The molecule has 0 radical (unpaired) electrons. The number of rotatable bonds is 4. The molecule has 1 amide bonds. The zero-order chi connectivity index (χ0) is 14.8. The highest BCUT2D eigenvalue weighted by Gasteiger charge is 2.36. The Morgan fingerprint density at radius 1 is 1.37 bits per heavy atom. The lowest BCUT2D eigenvalue weighted by molar-refractivity contribution is -0.385. The van der Waals surface area contributed by atoms with Gasteiger partial charge in [-0.2, -0.15) is 0 Å². The summed E-state index contributed by atoms with van der Waals surface area (Å²) in [4.78, 5) is 32.8. The predicted molar refractivity (Wildman–Crippen MR) is 67.9 cm³/mol. The lowest BCUT2D eigenvalue weighted by Crippen LogP contribution is -2.37. The van der Waals surface area contributed by atoms with Crippen LogP contribution in [0.4, 0.5) is 11.4 Å². The topological polar surface area (TPSA) is 110 Å². The number of hydrogen-bond donors (Lipinski definition) is 2. The summed E-state index contributed by atoms with van der Waals surface area (Å²) in [5.74, 6) is -1.93. The average molecular weight is 266 g/mol. The van der Waals surface area contributed by atoms with E-state index in [0.29, 0.717) is 11.3 Å². The van der Waals surface area contributed by atoms with Crippen molar-refractivity contribution in [3.8, 4) is 0 Å². The van der Waals surface area contributed by atoms with Crippen LogP contribution in [0.3, 0.4) is 0 Å². The van der Waals surface area contributed by atoms with E-state index in [1.165, 1.54) is 39.0 Å². The van der Waals surface area contributed by atoms with E-state index in [2.05, 4.69) is 5.32 Å². The minimum absolute atomic E-state index is 0.0597. The third-order valence-electron chi connectivity index (χ3n) is 2.75. The summed E-state index contributed by atoms with van der Waals surface area (Å²) in [7, 11) is 0. The van der Waals surface area contributed by atoms with Crippen molar-refractivity contribution in [3.63, 3.8) is 0 Å². The van der Waals surface area contributed by atoms with E-state index in [-0.39, 0.29) is 5.69 Å². The van der Waals surface area contributed by atoms with Crippen LogP contribution in [-0.4, -0.2) is 21.9 Å². The third kappa shape index (κ3) is 3.06. The molecule has 1 aromatic rings. The smallest absolute Gasteiger partial charge is 0.318 e. The Hall–Kier alpha value is -2.44. The van der Waals surface area contributed by atoms with Crippen LogP contribution in [-0.2, 0) is 9.59 Å². The number of benzene rings is 1. The monoisotopic (exact) mass is 266 g/mol. The van der Waals surface area contributed by atoms with E-state index in [0.717, 1.165) is 0 Å². The van der Waals surface area contributed by atoms with Gasteiger partial charge in [-0.1, -0.05) is 0 Å². The second kappa shape index (κ2) is 5.05. The van der Waals surface area contributed by atoms with Crippen molar-refractivity contribution in [3.05, 3.63) is 33.9 Å². The van der Waals surface area contributed by atoms with Crippen molar-refractivity contribution in [2.75, 3.05) is 5.32 Å². The van der Waals surface area contributed by atoms with E-state index < -0.39 is 22.2 Å². The fraction of sp³-hybridized carbons (Fsp3) is 0.333. The summed E-state index contributed by atoms with van der Waals surface area (Å²) in [6.45, 7) is 4.10. The molecule has 0 atom stereocenters. The number of carboxylic acids is 1. The van der Waals surface area contributed by atoms with Crippen molar-refractivity contribution in [2.45, 2.75) is 20.8 Å². The molecule has 102 valence electrons. The number of carbonyl (C=O) groups is 2. The Balaban J connectivity index is 2.96. The van der Waals surface area contributed by atoms with Gasteiger partial charge in [-0.3, -0.25) is 19.7 Å². The van der Waals surface area contributed by atoms with Crippen LogP contribution in [0.25, 0.3) is 0 Å². The van der Waals surface area contributed by atoms with Crippen LogP contribution in [0.5, 0.6) is 0 Å². The first-order chi connectivity index (χ1) is 8.66. The average Bonchev–Trinajstić information content (AvgIpc) is 2.28. The summed E-state index contributed by atoms with van der Waals surface area (Å²) in [6.07, 6.45) is 0. The van der Waals surface area contributed by atoms with Crippen LogP contribution in [0.15, 0.2) is 18.2 Å². The highest BCUT2D eigenvalue weighted by atomic mass is 16.6. The number of hydrogen-bond acceptors (Lipinski definition) is 4. The predicted octanol–water partition coefficient (Wildman–Crippen LogP) is 1.95. The quantitative estimate of drug-likeness (QED) is 0.491. The molecule has 0 saturated heterocycles. The lowest BCUT2D eigenvalue weighted by atomic mass is 9.92. The first-order valence-electron chi connectivity index (χ1n) is 5.46. The summed E-state index contributed by atoms with van der Waals surface area (Å²) in [5.41, 5.74) is -0.927. The van der Waals surface area contributed by atoms with Crippen molar-refractivity contribution >= 4 is 23.3 Å². The Morgan fingerprint density at radius 2 is 1.95 bits per heavy atom. The third-order valence-corrected chi connectivity index (χ3v) is 2.75. The molecule has 2 N–H and O–H groups in total. The molecule has 7 heteroatoms. The number of nitro benzene ring substituents is 1. The van der Waals surface area contributed by atoms with Crippen LogP contribution in [0, 0.1) is 22.5 Å². The molecule has 0 spiro atoms. The second-order valence-electron chi connectivity index (χ2n) is 4.64. The van der Waals surface area contributed by atoms with Crippen molar-refractivity contribution in [2.24, 2.45) is 5.41 Å². The Bertz CT molecular complexity index is 551. The summed E-state index contributed by atoms with van der Waals surface area (Å²) >= 11 is 0. The minimum atomic E-state index is -1.57. The van der Waals surface area contributed by atoms with Gasteiger partial charge in [-0.25, -0.2) is 0 Å². The van der Waals surface area contributed by atoms with Gasteiger partial charge in [0.15, 0.2) is 0 Å². The Morgan fingerprint density at radius 3 is 2.37 bits per heavy atom. The minimum Gasteiger partial charge on any atom is -0.480 e. The van der Waals surface area contributed by atoms with Gasteiger partial charge < -0.3 is 10.4 Å². The van der Waals surface area contributed by atoms with E-state index in [1.54, 1.807) is 0 Å². The lowest BCUT2D eigenvalue weighted by Gasteiger charge is -2.18. The van der Waals surface area contributed by atoms with E-state index in [4.69, 9.17) is 5.11 Å². The molecule has 0 heterocycles. The molecule has 0 fully saturated rings. The molecule has 0 aliphatic carbocycles. The van der Waals surface area contributed by atoms with Crippen molar-refractivity contribution in [1.82, 2.24) is 0 Å². The molecule has 0 aliphatic heterocycles. The number of nitrogens with one attached hydrogen (secondary N) is 1. The SMILES string of the molecule is Cc1cc(NC(=O)C(C)(C)C(=O)O)ccc1[N+](=O)[O-]. The normalized spacial score (nSPS) is 10.9. The number of nitro groups is 1. The van der Waals surface area contributed by atoms with E-state index >= 15 is 0 Å². The maximum absolute atomic E-state index is 11.8. The fourth-order valence-corrected chi connectivity index (χ4v) is 1.32. The number of nitrogens with zero attached hydrogens (tertiary/aromatic N) is 1. The van der Waals surface area contributed by atoms with Crippen molar-refractivity contribution < 1.29 is 19.6 Å². The van der Waals surface area contributed by atoms with E-state index in [9.17, 15) is 19.7 Å². The van der Waals surface area contributed by atoms with Crippen molar-refractivity contribution in [1.29, 1.82) is 0 Å². The van der Waals surface area contributed by atoms with E-state index in [1.807, 2.05) is 0 Å². The Labute approximate surface area is 109 Å². The molecule has 19 heavy (non-hydrogen) atoms. The maximum atomic E-state index is 11.8. The summed E-state index contributed by atoms with van der Waals surface area (Å²) in [5, 5.41) is 22.0. The van der Waals surface area contributed by atoms with Crippen LogP contribution >= 0.6 is 0 Å². The van der Waals surface area contributed by atoms with Gasteiger partial charge in [0.1, 0.15) is 5.41 Å². The molecule has 0 aliphatic rings. The number of aryl methyl sites for hydroxylation is 1. The van der Waals surface area contributed by atoms with Crippen LogP contribution < -0.4 is 5.32 Å². The first kappa shape index (κ1) is 14.6. The number of anilines is 1. The number of carbonyl (C=O) groups excluding carboxylic acids is 1. The summed E-state index contributed by atoms with van der Waals surface area (Å²) in [6, 6.07) is 4.05. The molecule has 0 unspecified atom stereocenters. The highest BCUT2D eigenvalue weighted by molar-refractivity contribution is 6.07. The zero-order valence-corrected chi connectivity index (χ0v) is 10.8. The molecular weight excluding hydrogens is 252 g/mol. The standard InChI is InChI=1S/C12H14N2O5/c1-7-6-8(4-5-9(7)14(18)19)13-10(15)12(2,3)11(16)17/h4-6H,1-3H3,(H,13,15)(H,16,17). The molecule has 1 rings (SSSR count). The molecule has 0 saturated carbocycles. The molecule has 7 nitrogen and oxygen atoms in total. The van der Waals surface area contributed by atoms with Gasteiger partial charge in [0.05, 0.1) is 4.92 Å². The van der Waals surface area contributed by atoms with Gasteiger partial charge in [0, 0.05) is 17.3 Å². The van der Waals surface area contributed by atoms with Gasteiger partial charge in [-0.05, 0) is 32.9 Å². The zero-order valence-electron chi connectivity index (χ0n) is 10.8. The molecule has 0 aromatic heterocycles. The number of aliphatic carboxylic acids is 1.